The van der Waals surface area contributed by atoms with E-state index in [-0.39, 0.29) is 5.69 Å². The number of benzene rings is 1. The molecule has 0 N–H and O–H groups in total. The van der Waals surface area contributed by atoms with E-state index >= 15 is 0 Å². The van der Waals surface area contributed by atoms with E-state index in [4.69, 9.17) is 16.3 Å². The van der Waals surface area contributed by atoms with Gasteiger partial charge in [0, 0.05) is 37.9 Å². The van der Waals surface area contributed by atoms with Gasteiger partial charge in [0.2, 0.25) is 0 Å². The van der Waals surface area contributed by atoms with E-state index in [0.717, 1.165) is 31.7 Å². The van der Waals surface area contributed by atoms with Crippen molar-refractivity contribution in [1.82, 2.24) is 0 Å². The Kier molecular flexibility index (Phi) is 4.27. The first kappa shape index (κ1) is 14.1. The smallest absolute Gasteiger partial charge is 0.273 e. The van der Waals surface area contributed by atoms with Crippen LogP contribution in [0.25, 0.3) is 0 Å². The Morgan fingerprint density at radius 2 is 2.05 bits per heavy atom. The SMILES string of the molecule is Cc1cc(N(C)C2CCOCC2)c(Cl)cc1[N+](=O)[O-]. The first-order valence-electron chi connectivity index (χ1n) is 6.26. The fourth-order valence-electron chi connectivity index (χ4n) is 2.39. The maximum Gasteiger partial charge on any atom is 0.273 e. The number of aryl methyl sites for hydroxylation is 1. The minimum absolute atomic E-state index is 0.0640. The highest BCUT2D eigenvalue weighted by atomic mass is 35.5. The van der Waals surface area contributed by atoms with Gasteiger partial charge in [0.25, 0.3) is 5.69 Å². The molecule has 1 aliphatic rings. The molecule has 0 aliphatic carbocycles. The highest BCUT2D eigenvalue weighted by Crippen LogP contribution is 2.34. The summed E-state index contributed by atoms with van der Waals surface area (Å²) in [6, 6.07) is 3.59. The zero-order valence-electron chi connectivity index (χ0n) is 11.1. The lowest BCUT2D eigenvalue weighted by Gasteiger charge is -2.33. The van der Waals surface area contributed by atoms with Crippen molar-refractivity contribution >= 4 is 23.0 Å². The Labute approximate surface area is 117 Å². The Balaban J connectivity index is 2.29. The summed E-state index contributed by atoms with van der Waals surface area (Å²) in [6.45, 7) is 3.23. The summed E-state index contributed by atoms with van der Waals surface area (Å²) in [4.78, 5) is 12.6. The second kappa shape index (κ2) is 5.75. The highest BCUT2D eigenvalue weighted by Gasteiger charge is 2.22. The molecule has 0 saturated carbocycles. The van der Waals surface area contributed by atoms with Gasteiger partial charge in [-0.25, -0.2) is 0 Å². The number of nitro groups is 1. The van der Waals surface area contributed by atoms with Gasteiger partial charge in [-0.2, -0.15) is 0 Å². The molecule has 1 saturated heterocycles. The van der Waals surface area contributed by atoms with Crippen LogP contribution in [0.3, 0.4) is 0 Å². The fraction of sp³-hybridized carbons (Fsp3) is 0.538. The lowest BCUT2D eigenvalue weighted by Crippen LogP contribution is -2.36. The summed E-state index contributed by atoms with van der Waals surface area (Å²) in [7, 11) is 1.97. The number of anilines is 1. The van der Waals surface area contributed by atoms with Crippen LogP contribution in [0.4, 0.5) is 11.4 Å². The van der Waals surface area contributed by atoms with Crippen LogP contribution < -0.4 is 4.90 Å². The molecule has 19 heavy (non-hydrogen) atoms. The number of rotatable bonds is 3. The third-order valence-corrected chi connectivity index (χ3v) is 3.88. The van der Waals surface area contributed by atoms with Crippen LogP contribution in [0.5, 0.6) is 0 Å². The molecule has 104 valence electrons. The number of ether oxygens (including phenoxy) is 1. The largest absolute Gasteiger partial charge is 0.381 e. The summed E-state index contributed by atoms with van der Waals surface area (Å²) in [6.07, 6.45) is 1.89. The molecule has 1 fully saturated rings. The van der Waals surface area contributed by atoms with E-state index in [2.05, 4.69) is 4.90 Å². The number of hydrogen-bond donors (Lipinski definition) is 0. The fourth-order valence-corrected chi connectivity index (χ4v) is 2.68. The van der Waals surface area contributed by atoms with Crippen LogP contribution in [0.2, 0.25) is 5.02 Å². The van der Waals surface area contributed by atoms with Crippen LogP contribution in [0.15, 0.2) is 12.1 Å². The maximum absolute atomic E-state index is 10.9. The highest BCUT2D eigenvalue weighted by molar-refractivity contribution is 6.33. The molecule has 1 aromatic rings. The molecule has 0 unspecified atom stereocenters. The van der Waals surface area contributed by atoms with Crippen LogP contribution in [-0.2, 0) is 4.74 Å². The lowest BCUT2D eigenvalue weighted by atomic mass is 10.1. The minimum atomic E-state index is -0.403. The van der Waals surface area contributed by atoms with Crippen LogP contribution in [0, 0.1) is 17.0 Å². The number of nitro benzene ring substituents is 1. The van der Waals surface area contributed by atoms with Crippen molar-refractivity contribution in [2.24, 2.45) is 0 Å². The minimum Gasteiger partial charge on any atom is -0.381 e. The van der Waals surface area contributed by atoms with Gasteiger partial charge in [0.1, 0.15) is 0 Å². The molecule has 0 aromatic heterocycles. The zero-order valence-corrected chi connectivity index (χ0v) is 11.8. The van der Waals surface area contributed by atoms with Crippen molar-refractivity contribution in [3.8, 4) is 0 Å². The van der Waals surface area contributed by atoms with E-state index < -0.39 is 4.92 Å². The molecule has 0 amide bonds. The van der Waals surface area contributed by atoms with Crippen molar-refractivity contribution < 1.29 is 9.66 Å². The van der Waals surface area contributed by atoms with Gasteiger partial charge in [-0.15, -0.1) is 0 Å². The molecule has 1 aromatic carbocycles. The molecule has 0 bridgehead atoms. The average Bonchev–Trinajstić information content (AvgIpc) is 2.41. The molecule has 1 heterocycles. The van der Waals surface area contributed by atoms with Crippen LogP contribution in [-0.4, -0.2) is 31.2 Å². The number of halogens is 1. The van der Waals surface area contributed by atoms with Gasteiger partial charge in [-0.3, -0.25) is 10.1 Å². The van der Waals surface area contributed by atoms with Gasteiger partial charge >= 0.3 is 0 Å². The van der Waals surface area contributed by atoms with Crippen LogP contribution >= 0.6 is 11.6 Å². The first-order valence-corrected chi connectivity index (χ1v) is 6.63. The summed E-state index contributed by atoms with van der Waals surface area (Å²) >= 11 is 6.18. The van der Waals surface area contributed by atoms with Crippen molar-refractivity contribution in [2.45, 2.75) is 25.8 Å². The van der Waals surface area contributed by atoms with Gasteiger partial charge in [-0.05, 0) is 25.8 Å². The predicted molar refractivity (Wildman–Crippen MR) is 75.1 cm³/mol. The standard InChI is InChI=1S/C13H17ClN2O3/c1-9-7-13(11(14)8-12(9)16(17)18)15(2)10-3-5-19-6-4-10/h7-8,10H,3-6H2,1-2H3. The number of nitrogens with zero attached hydrogens (tertiary/aromatic N) is 2. The normalized spacial score (nSPS) is 16.4. The van der Waals surface area contributed by atoms with E-state index in [1.807, 2.05) is 7.05 Å². The Morgan fingerprint density at radius 1 is 1.42 bits per heavy atom. The number of hydrogen-bond acceptors (Lipinski definition) is 4. The zero-order chi connectivity index (χ0) is 14.0. The molecule has 5 nitrogen and oxygen atoms in total. The van der Waals surface area contributed by atoms with Crippen LogP contribution in [0.1, 0.15) is 18.4 Å². The van der Waals surface area contributed by atoms with E-state index in [1.54, 1.807) is 13.0 Å². The molecule has 0 atom stereocenters. The third-order valence-electron chi connectivity index (χ3n) is 3.58. The van der Waals surface area contributed by atoms with E-state index in [1.165, 1.54) is 6.07 Å². The topological polar surface area (TPSA) is 55.6 Å². The molecule has 0 spiro atoms. The third kappa shape index (κ3) is 2.98. The summed E-state index contributed by atoms with van der Waals surface area (Å²) in [5.41, 5.74) is 1.54. The van der Waals surface area contributed by atoms with Gasteiger partial charge in [0.15, 0.2) is 0 Å². The monoisotopic (exact) mass is 284 g/mol. The Bertz CT molecular complexity index is 487. The van der Waals surface area contributed by atoms with Gasteiger partial charge in [0.05, 0.1) is 15.6 Å². The quantitative estimate of drug-likeness (QED) is 0.632. The lowest BCUT2D eigenvalue weighted by molar-refractivity contribution is -0.385. The maximum atomic E-state index is 10.9. The molecule has 2 rings (SSSR count). The Morgan fingerprint density at radius 3 is 2.63 bits per heavy atom. The molecular formula is C13H17ClN2O3. The summed E-state index contributed by atoms with van der Waals surface area (Å²) in [5, 5.41) is 11.3. The first-order chi connectivity index (χ1) is 9.00. The summed E-state index contributed by atoms with van der Waals surface area (Å²) in [5.74, 6) is 0. The van der Waals surface area contributed by atoms with E-state index in [9.17, 15) is 10.1 Å². The van der Waals surface area contributed by atoms with Gasteiger partial charge in [-0.1, -0.05) is 11.6 Å². The molecule has 1 aliphatic heterocycles. The second-order valence-electron chi connectivity index (χ2n) is 4.80. The van der Waals surface area contributed by atoms with Gasteiger partial charge < -0.3 is 9.64 Å². The average molecular weight is 285 g/mol. The molecule has 0 radical (unpaired) electrons. The van der Waals surface area contributed by atoms with Crippen molar-refractivity contribution in [2.75, 3.05) is 25.2 Å². The second-order valence-corrected chi connectivity index (χ2v) is 5.21. The predicted octanol–water partition coefficient (Wildman–Crippen LogP) is 3.17. The molecule has 6 heteroatoms. The van der Waals surface area contributed by atoms with E-state index in [0.29, 0.717) is 16.6 Å². The van der Waals surface area contributed by atoms with Crippen molar-refractivity contribution in [3.05, 3.63) is 32.8 Å². The van der Waals surface area contributed by atoms with Crippen molar-refractivity contribution in [3.63, 3.8) is 0 Å². The molecular weight excluding hydrogens is 268 g/mol. The Hall–Kier alpha value is -1.33. The summed E-state index contributed by atoms with van der Waals surface area (Å²) < 4.78 is 5.34. The van der Waals surface area contributed by atoms with Crippen molar-refractivity contribution in [1.29, 1.82) is 0 Å².